The fourth-order valence-corrected chi connectivity index (χ4v) is 4.43. The van der Waals surface area contributed by atoms with Crippen molar-refractivity contribution in [1.82, 2.24) is 30.5 Å². The minimum atomic E-state index is -0.841. The van der Waals surface area contributed by atoms with Crippen LogP contribution in [0.3, 0.4) is 0 Å². The standard InChI is InChI=1S/C29H34N8O7/c1-19(2)31-28-23(20(3)30)12-13-26(38)35(28)18-21-8-10-22(11-9-21)24-6-4-5-7-25(24)27-32-34-36(33-27)29(39)43-16-14-42-15-17-44-37(40)41/h4-11,40-41H,1,12-18,30H2,2-3H3/b23-20-,31-28?. The zero-order valence-electron chi connectivity index (χ0n) is 24.4. The van der Waals surface area contributed by atoms with E-state index in [-0.39, 0.29) is 38.2 Å². The molecule has 1 aliphatic heterocycles. The number of likely N-dealkylation sites (tertiary alicyclic amines) is 1. The van der Waals surface area contributed by atoms with E-state index >= 15 is 0 Å². The van der Waals surface area contributed by atoms with Gasteiger partial charge < -0.3 is 15.2 Å². The molecule has 0 unspecified atom stereocenters. The van der Waals surface area contributed by atoms with Crippen molar-refractivity contribution < 1.29 is 34.3 Å². The van der Waals surface area contributed by atoms with Crippen LogP contribution >= 0.6 is 0 Å². The van der Waals surface area contributed by atoms with Gasteiger partial charge in [0.2, 0.25) is 11.7 Å². The summed E-state index contributed by atoms with van der Waals surface area (Å²) < 4.78 is 10.2. The lowest BCUT2D eigenvalue weighted by Crippen LogP contribution is -2.42. The molecule has 2 heterocycles. The highest BCUT2D eigenvalue weighted by Crippen LogP contribution is 2.31. The number of piperidine rings is 1. The number of amides is 1. The molecule has 0 spiro atoms. The first-order chi connectivity index (χ1) is 21.1. The van der Waals surface area contributed by atoms with Crippen LogP contribution in [0.15, 0.2) is 77.1 Å². The SMILES string of the molecule is C=C(C)N=C1/C(=C(/C)N)CCC(=O)N1Cc1ccc(-c2ccccc2-c2nnn(C(=O)OCCOCCON(O)O)n2)cc1. The van der Waals surface area contributed by atoms with Crippen molar-refractivity contribution in [1.29, 1.82) is 0 Å². The summed E-state index contributed by atoms with van der Waals surface area (Å²) in [6.07, 6.45) is 0.0503. The van der Waals surface area contributed by atoms with Crippen LogP contribution in [0.2, 0.25) is 0 Å². The molecule has 0 atom stereocenters. The van der Waals surface area contributed by atoms with Crippen molar-refractivity contribution in [3.05, 3.63) is 77.6 Å². The third-order valence-corrected chi connectivity index (χ3v) is 6.43. The summed E-state index contributed by atoms with van der Waals surface area (Å²) in [5.74, 6) is 0.732. The van der Waals surface area contributed by atoms with Crippen molar-refractivity contribution in [3.63, 3.8) is 0 Å². The first kappa shape index (κ1) is 32.1. The van der Waals surface area contributed by atoms with E-state index in [0.717, 1.165) is 27.1 Å². The van der Waals surface area contributed by atoms with Gasteiger partial charge in [-0.3, -0.25) is 20.1 Å². The molecular weight excluding hydrogens is 572 g/mol. The highest BCUT2D eigenvalue weighted by molar-refractivity contribution is 6.10. The molecule has 232 valence electrons. The Kier molecular flexibility index (Phi) is 11.0. The molecule has 1 aromatic heterocycles. The molecule has 0 saturated carbocycles. The second-order valence-electron chi connectivity index (χ2n) is 9.77. The monoisotopic (exact) mass is 606 g/mol. The van der Waals surface area contributed by atoms with Crippen molar-refractivity contribution >= 4 is 17.8 Å². The van der Waals surface area contributed by atoms with Crippen molar-refractivity contribution in [2.75, 3.05) is 26.4 Å². The molecule has 1 fully saturated rings. The summed E-state index contributed by atoms with van der Waals surface area (Å²) in [6, 6.07) is 15.2. The Balaban J connectivity index is 1.44. The Morgan fingerprint density at radius 3 is 2.43 bits per heavy atom. The molecule has 3 aromatic rings. The maximum absolute atomic E-state index is 12.9. The van der Waals surface area contributed by atoms with Gasteiger partial charge in [0.1, 0.15) is 12.4 Å². The molecule has 1 aliphatic rings. The van der Waals surface area contributed by atoms with Crippen LogP contribution in [0.1, 0.15) is 32.3 Å². The quantitative estimate of drug-likeness (QED) is 0.202. The number of hydrogen-bond acceptors (Lipinski definition) is 13. The van der Waals surface area contributed by atoms with Crippen molar-refractivity contribution in [2.24, 2.45) is 10.7 Å². The van der Waals surface area contributed by atoms with Gasteiger partial charge in [0, 0.05) is 29.0 Å². The number of aliphatic imine (C=N–C) groups is 1. The van der Waals surface area contributed by atoms with Crippen molar-refractivity contribution in [3.8, 4) is 22.5 Å². The molecule has 4 N–H and O–H groups in total. The number of carbonyl (C=O) groups is 2. The summed E-state index contributed by atoms with van der Waals surface area (Å²) in [5, 5.41) is 28.5. The lowest BCUT2D eigenvalue weighted by Gasteiger charge is -2.31. The average molecular weight is 607 g/mol. The molecule has 1 amide bonds. The maximum Gasteiger partial charge on any atom is 0.453 e. The smallest absolute Gasteiger partial charge is 0.444 e. The van der Waals surface area contributed by atoms with E-state index in [4.69, 9.17) is 25.6 Å². The van der Waals surface area contributed by atoms with E-state index in [2.05, 4.69) is 31.8 Å². The number of nitrogens with two attached hydrogens (primary N) is 1. The van der Waals surface area contributed by atoms with Crippen molar-refractivity contribution in [2.45, 2.75) is 33.2 Å². The molecular formula is C29H34N8O7. The van der Waals surface area contributed by atoms with Gasteiger partial charge in [0.15, 0.2) is 0 Å². The number of allylic oxidation sites excluding steroid dienone is 2. The van der Waals surface area contributed by atoms with Gasteiger partial charge in [-0.2, -0.15) is 0 Å². The fourth-order valence-electron chi connectivity index (χ4n) is 4.43. The number of tetrazole rings is 1. The summed E-state index contributed by atoms with van der Waals surface area (Å²) in [4.78, 5) is 36.5. The summed E-state index contributed by atoms with van der Waals surface area (Å²) >= 11 is 0. The van der Waals surface area contributed by atoms with Crippen LogP contribution in [0.4, 0.5) is 4.79 Å². The predicted octanol–water partition coefficient (Wildman–Crippen LogP) is 3.31. The normalized spacial score (nSPS) is 15.6. The molecule has 2 aromatic carbocycles. The molecule has 4 rings (SSSR count). The van der Waals surface area contributed by atoms with Gasteiger partial charge in [-0.1, -0.05) is 59.9 Å². The Hall–Kier alpha value is -4.80. The van der Waals surface area contributed by atoms with E-state index in [0.29, 0.717) is 42.2 Å². The second-order valence-corrected chi connectivity index (χ2v) is 9.77. The largest absolute Gasteiger partial charge is 0.453 e. The van der Waals surface area contributed by atoms with Gasteiger partial charge >= 0.3 is 6.09 Å². The van der Waals surface area contributed by atoms with Gasteiger partial charge in [-0.05, 0) is 42.2 Å². The third kappa shape index (κ3) is 8.40. The lowest BCUT2D eigenvalue weighted by molar-refractivity contribution is -0.493. The first-order valence-corrected chi connectivity index (χ1v) is 13.7. The van der Waals surface area contributed by atoms with E-state index in [9.17, 15) is 9.59 Å². The van der Waals surface area contributed by atoms with E-state index < -0.39 is 11.5 Å². The van der Waals surface area contributed by atoms with Crippen LogP contribution in [-0.4, -0.2) is 85.2 Å². The van der Waals surface area contributed by atoms with E-state index in [1.165, 1.54) is 0 Å². The number of ether oxygens (including phenoxy) is 2. The number of rotatable bonds is 12. The van der Waals surface area contributed by atoms with Gasteiger partial charge in [0.05, 0.1) is 31.8 Å². The maximum atomic E-state index is 12.9. The summed E-state index contributed by atoms with van der Waals surface area (Å²) in [7, 11) is 0. The number of nitrogens with zero attached hydrogens (tertiary/aromatic N) is 7. The topological polar surface area (TPSA) is 191 Å². The number of benzene rings is 2. The highest BCUT2D eigenvalue weighted by Gasteiger charge is 2.29. The Labute approximate surface area is 253 Å². The molecule has 15 nitrogen and oxygen atoms in total. The van der Waals surface area contributed by atoms with Gasteiger partial charge in [-0.15, -0.1) is 10.2 Å². The average Bonchev–Trinajstić information content (AvgIpc) is 3.49. The molecule has 15 heteroatoms. The molecule has 44 heavy (non-hydrogen) atoms. The van der Waals surface area contributed by atoms with Gasteiger partial charge in [-0.25, -0.2) is 14.6 Å². The zero-order chi connectivity index (χ0) is 31.6. The number of aromatic nitrogens is 4. The molecule has 0 aliphatic carbocycles. The van der Waals surface area contributed by atoms with E-state index in [1.54, 1.807) is 11.8 Å². The molecule has 0 radical (unpaired) electrons. The predicted molar refractivity (Wildman–Crippen MR) is 157 cm³/mol. The minimum absolute atomic E-state index is 0.0311. The van der Waals surface area contributed by atoms with Crippen LogP contribution in [0.5, 0.6) is 0 Å². The number of carbonyl (C=O) groups excluding carboxylic acids is 2. The fraction of sp³-hybridized carbons (Fsp3) is 0.310. The first-order valence-electron chi connectivity index (χ1n) is 13.7. The molecule has 1 saturated heterocycles. The summed E-state index contributed by atoms with van der Waals surface area (Å²) in [5.41, 5.74) is 11.4. The number of hydrogen-bond donors (Lipinski definition) is 3. The van der Waals surface area contributed by atoms with Crippen LogP contribution in [0, 0.1) is 0 Å². The second kappa shape index (κ2) is 15.1. The molecule has 0 bridgehead atoms. The third-order valence-electron chi connectivity index (χ3n) is 6.43. The van der Waals surface area contributed by atoms with Crippen LogP contribution < -0.4 is 5.73 Å². The van der Waals surface area contributed by atoms with Crippen LogP contribution in [-0.2, 0) is 25.7 Å². The highest BCUT2D eigenvalue weighted by atomic mass is 17.1. The van der Waals surface area contributed by atoms with Gasteiger partial charge in [0.25, 0.3) is 0 Å². The van der Waals surface area contributed by atoms with Crippen LogP contribution in [0.25, 0.3) is 22.5 Å². The summed E-state index contributed by atoms with van der Waals surface area (Å²) in [6.45, 7) is 7.68. The minimum Gasteiger partial charge on any atom is -0.444 e. The van der Waals surface area contributed by atoms with E-state index in [1.807, 2.05) is 55.5 Å². The zero-order valence-corrected chi connectivity index (χ0v) is 24.4. The number of amidine groups is 1. The Morgan fingerprint density at radius 2 is 1.75 bits per heavy atom. The Morgan fingerprint density at radius 1 is 1.05 bits per heavy atom. The lowest BCUT2D eigenvalue weighted by atomic mass is 9.97. The Bertz CT molecular complexity index is 1550.